The van der Waals surface area contributed by atoms with Crippen molar-refractivity contribution >= 4 is 17.9 Å². The monoisotopic (exact) mass is 539 g/mol. The molecule has 0 bridgehead atoms. The van der Waals surface area contributed by atoms with Gasteiger partial charge in [0.25, 0.3) is 0 Å². The largest absolute Gasteiger partial charge is 0.550 e. The summed E-state index contributed by atoms with van der Waals surface area (Å²) in [5, 5.41) is 31.4. The van der Waals surface area contributed by atoms with E-state index in [2.05, 4.69) is 19.1 Å². The van der Waals surface area contributed by atoms with Gasteiger partial charge < -0.3 is 24.6 Å². The molecule has 0 amide bonds. The summed E-state index contributed by atoms with van der Waals surface area (Å²) < 4.78 is 0.217. The molecular weight excluding hydrogens is 482 g/mol. The van der Waals surface area contributed by atoms with Crippen LogP contribution in [0.1, 0.15) is 124 Å². The van der Waals surface area contributed by atoms with E-state index in [9.17, 15) is 29.7 Å². The standard InChI is InChI=1S/C31H57NO6/c1-5-9-10-11-12-13-14-15-16-17-18-19-20-21-22-32(23-26(6-2)29(33)34,24-27(7-3)30(35)36)25-28(8-4)31(37)38/h10-11,26-28H,5-9,12-25H2,1-4H3,(H2-,33,34,35,36,37,38)/b11-10+. The number of carboxylic acids is 3. The third kappa shape index (κ3) is 16.2. The molecule has 222 valence electrons. The van der Waals surface area contributed by atoms with Crippen LogP contribution in [0.2, 0.25) is 0 Å². The molecule has 0 saturated carbocycles. The number of hydrogen-bond donors (Lipinski definition) is 2. The van der Waals surface area contributed by atoms with Gasteiger partial charge in [0.15, 0.2) is 0 Å². The number of rotatable bonds is 26. The normalized spacial score (nSPS) is 15.7. The Kier molecular flexibility index (Phi) is 20.9. The molecule has 0 aliphatic heterocycles. The molecule has 38 heavy (non-hydrogen) atoms. The number of unbranched alkanes of at least 4 members (excludes halogenated alkanes) is 10. The summed E-state index contributed by atoms with van der Waals surface area (Å²) in [6.45, 7) is 8.97. The molecule has 0 rings (SSSR count). The number of quaternary nitrogens is 1. The summed E-state index contributed by atoms with van der Waals surface area (Å²) in [5.74, 6) is -4.95. The van der Waals surface area contributed by atoms with Gasteiger partial charge in [0, 0.05) is 5.92 Å². The molecule has 3 atom stereocenters. The molecule has 0 aromatic carbocycles. The average Bonchev–Trinajstić information content (AvgIpc) is 2.88. The van der Waals surface area contributed by atoms with Crippen molar-refractivity contribution in [3.8, 4) is 0 Å². The number of aliphatic carboxylic acids is 3. The lowest BCUT2D eigenvalue weighted by Crippen LogP contribution is -2.59. The molecular formula is C31H57NO6. The molecule has 0 spiro atoms. The maximum atomic E-state index is 11.9. The highest BCUT2D eigenvalue weighted by Gasteiger charge is 2.39. The Hall–Kier alpha value is -1.89. The van der Waals surface area contributed by atoms with Crippen LogP contribution in [0.25, 0.3) is 0 Å². The number of carbonyl (C=O) groups excluding carboxylic acids is 1. The minimum Gasteiger partial charge on any atom is -0.550 e. The predicted molar refractivity (Wildman–Crippen MR) is 152 cm³/mol. The van der Waals surface area contributed by atoms with Crippen LogP contribution in [0.3, 0.4) is 0 Å². The van der Waals surface area contributed by atoms with E-state index in [0.717, 1.165) is 25.7 Å². The second-order valence-electron chi connectivity index (χ2n) is 11.2. The van der Waals surface area contributed by atoms with E-state index >= 15 is 0 Å². The van der Waals surface area contributed by atoms with Gasteiger partial charge in [-0.1, -0.05) is 84.8 Å². The Morgan fingerprint density at radius 2 is 1.03 bits per heavy atom. The molecule has 0 aromatic rings. The van der Waals surface area contributed by atoms with Crippen molar-refractivity contribution in [3.63, 3.8) is 0 Å². The predicted octanol–water partition coefficient (Wildman–Crippen LogP) is 6.06. The van der Waals surface area contributed by atoms with Crippen LogP contribution in [-0.4, -0.2) is 58.8 Å². The lowest BCUT2D eigenvalue weighted by atomic mass is 9.95. The van der Waals surface area contributed by atoms with Crippen LogP contribution in [0.15, 0.2) is 12.2 Å². The summed E-state index contributed by atoms with van der Waals surface area (Å²) in [6.07, 6.45) is 19.7. The lowest BCUT2D eigenvalue weighted by molar-refractivity contribution is -0.935. The van der Waals surface area contributed by atoms with Crippen LogP contribution < -0.4 is 5.11 Å². The number of nitrogens with zero attached hydrogens (tertiary/aromatic N) is 1. The zero-order valence-corrected chi connectivity index (χ0v) is 24.8. The quantitative estimate of drug-likeness (QED) is 0.0784. The van der Waals surface area contributed by atoms with Crippen molar-refractivity contribution in [1.29, 1.82) is 0 Å². The first-order valence-electron chi connectivity index (χ1n) is 15.3. The molecule has 0 aliphatic carbocycles. The minimum atomic E-state index is -1.14. The first-order valence-corrected chi connectivity index (χ1v) is 15.3. The van der Waals surface area contributed by atoms with Crippen molar-refractivity contribution in [3.05, 3.63) is 12.2 Å². The van der Waals surface area contributed by atoms with Gasteiger partial charge in [-0.3, -0.25) is 9.59 Å². The molecule has 0 saturated heterocycles. The van der Waals surface area contributed by atoms with Crippen molar-refractivity contribution in [1.82, 2.24) is 0 Å². The Morgan fingerprint density at radius 3 is 1.42 bits per heavy atom. The smallest absolute Gasteiger partial charge is 0.312 e. The van der Waals surface area contributed by atoms with E-state index in [1.54, 1.807) is 6.92 Å². The van der Waals surface area contributed by atoms with Gasteiger partial charge in [-0.2, -0.15) is 0 Å². The van der Waals surface area contributed by atoms with E-state index in [1.165, 1.54) is 51.4 Å². The lowest BCUT2D eigenvalue weighted by Gasteiger charge is -2.44. The van der Waals surface area contributed by atoms with Gasteiger partial charge in [0.2, 0.25) is 0 Å². The van der Waals surface area contributed by atoms with E-state index in [4.69, 9.17) is 0 Å². The van der Waals surface area contributed by atoms with Crippen LogP contribution in [0.5, 0.6) is 0 Å². The number of hydrogen-bond acceptors (Lipinski definition) is 4. The maximum absolute atomic E-state index is 11.9. The third-order valence-corrected chi connectivity index (χ3v) is 7.96. The third-order valence-electron chi connectivity index (χ3n) is 7.96. The molecule has 0 heterocycles. The minimum absolute atomic E-state index is 0.217. The summed E-state index contributed by atoms with van der Waals surface area (Å²) in [4.78, 5) is 35.7. The first-order chi connectivity index (χ1) is 18.2. The first kappa shape index (κ1) is 36.1. The van der Waals surface area contributed by atoms with Gasteiger partial charge in [-0.15, -0.1) is 0 Å². The average molecular weight is 540 g/mol. The van der Waals surface area contributed by atoms with Crippen molar-refractivity contribution in [2.45, 2.75) is 124 Å². The number of allylic oxidation sites excluding steroid dienone is 2. The molecule has 0 radical (unpaired) electrons. The van der Waals surface area contributed by atoms with Crippen LogP contribution >= 0.6 is 0 Å². The van der Waals surface area contributed by atoms with Gasteiger partial charge in [0.05, 0.1) is 32.1 Å². The highest BCUT2D eigenvalue weighted by atomic mass is 16.4. The zero-order valence-electron chi connectivity index (χ0n) is 24.8. The fourth-order valence-electron chi connectivity index (χ4n) is 5.38. The van der Waals surface area contributed by atoms with E-state index in [0.29, 0.717) is 25.8 Å². The van der Waals surface area contributed by atoms with Gasteiger partial charge in [-0.05, 0) is 51.4 Å². The van der Waals surface area contributed by atoms with E-state index in [-0.39, 0.29) is 24.1 Å². The van der Waals surface area contributed by atoms with Gasteiger partial charge in [-0.25, -0.2) is 0 Å². The topological polar surface area (TPSA) is 115 Å². The summed E-state index contributed by atoms with van der Waals surface area (Å²) in [5.41, 5.74) is 0. The molecule has 2 N–H and O–H groups in total. The molecule has 7 nitrogen and oxygen atoms in total. The van der Waals surface area contributed by atoms with E-state index in [1.807, 2.05) is 13.8 Å². The van der Waals surface area contributed by atoms with Crippen LogP contribution in [0, 0.1) is 17.8 Å². The summed E-state index contributed by atoms with van der Waals surface area (Å²) in [7, 11) is 0. The summed E-state index contributed by atoms with van der Waals surface area (Å²) in [6, 6.07) is 0. The SMILES string of the molecule is CCC/C=C/CCCCCCCCCCC[N+](CC(CC)C(=O)[O-])(CC(CC)C(=O)O)CC(CC)C(=O)O. The van der Waals surface area contributed by atoms with Crippen LogP contribution in [0.4, 0.5) is 0 Å². The Balaban J connectivity index is 5.03. The van der Waals surface area contributed by atoms with Crippen LogP contribution in [-0.2, 0) is 14.4 Å². The fourth-order valence-corrected chi connectivity index (χ4v) is 5.38. The van der Waals surface area contributed by atoms with Gasteiger partial charge in [0.1, 0.15) is 11.8 Å². The second-order valence-corrected chi connectivity index (χ2v) is 11.2. The second kappa shape index (κ2) is 22.0. The molecule has 7 heteroatoms. The fraction of sp³-hybridized carbons (Fsp3) is 0.839. The van der Waals surface area contributed by atoms with Gasteiger partial charge >= 0.3 is 11.9 Å². The Labute approximate surface area is 232 Å². The maximum Gasteiger partial charge on any atom is 0.312 e. The molecule has 0 fully saturated rings. The molecule has 0 aromatic heterocycles. The highest BCUT2D eigenvalue weighted by Crippen LogP contribution is 2.25. The molecule has 0 aliphatic rings. The Morgan fingerprint density at radius 1 is 0.632 bits per heavy atom. The Bertz CT molecular complexity index is 617. The van der Waals surface area contributed by atoms with Crippen molar-refractivity contribution in [2.75, 3.05) is 26.2 Å². The number of carbonyl (C=O) groups is 3. The molecule has 3 unspecified atom stereocenters. The van der Waals surface area contributed by atoms with Crippen molar-refractivity contribution in [2.24, 2.45) is 17.8 Å². The summed E-state index contributed by atoms with van der Waals surface area (Å²) >= 11 is 0. The highest BCUT2D eigenvalue weighted by molar-refractivity contribution is 5.70. The zero-order chi connectivity index (χ0) is 28.8. The number of carboxylic acid groups (broad SMARTS) is 3. The van der Waals surface area contributed by atoms with Crippen molar-refractivity contribution < 1.29 is 34.2 Å². The van der Waals surface area contributed by atoms with E-state index < -0.39 is 35.7 Å².